The molecule has 25 heavy (non-hydrogen) atoms. The highest BCUT2D eigenvalue weighted by atomic mass is 32.2. The third-order valence-electron chi connectivity index (χ3n) is 4.14. The monoisotopic (exact) mass is 356 g/mol. The number of rotatable bonds is 3. The zero-order valence-corrected chi connectivity index (χ0v) is 15.4. The third-order valence-corrected chi connectivity index (χ3v) is 5.09. The number of hydrogen-bond donors (Lipinski definition) is 1. The van der Waals surface area contributed by atoms with E-state index in [1.807, 2.05) is 58.0 Å². The van der Waals surface area contributed by atoms with Crippen LogP contribution in [0.25, 0.3) is 16.8 Å². The van der Waals surface area contributed by atoms with E-state index in [0.717, 1.165) is 28.1 Å². The molecule has 2 aromatic carbocycles. The molecule has 1 aromatic heterocycles. The van der Waals surface area contributed by atoms with Crippen molar-refractivity contribution < 1.29 is 13.0 Å². The molecule has 0 spiro atoms. The van der Waals surface area contributed by atoms with Crippen LogP contribution in [0.1, 0.15) is 22.5 Å². The van der Waals surface area contributed by atoms with Gasteiger partial charge in [0.1, 0.15) is 4.90 Å². The van der Waals surface area contributed by atoms with E-state index < -0.39 is 10.1 Å². The Balaban J connectivity index is 2.46. The van der Waals surface area contributed by atoms with Gasteiger partial charge in [0.25, 0.3) is 10.1 Å². The number of hydrogen-bond acceptors (Lipinski definition) is 3. The predicted octanol–water partition coefficient (Wildman–Crippen LogP) is 4.02. The van der Waals surface area contributed by atoms with Gasteiger partial charge in [-0.3, -0.25) is 4.55 Å². The molecular weight excluding hydrogens is 336 g/mol. The van der Waals surface area contributed by atoms with Crippen molar-refractivity contribution in [3.05, 3.63) is 65.0 Å². The van der Waals surface area contributed by atoms with Gasteiger partial charge in [0, 0.05) is 11.3 Å². The standard InChI is InChI=1S/C19H20N2O3S/c1-12-9-17(16-8-6-5-7-13(16)2)19(25(22,23)24)18(10-12)21-15(4)11-14(3)20-21/h5-11H,1-4H3,(H,22,23,24). The maximum absolute atomic E-state index is 12.3. The second-order valence-electron chi connectivity index (χ2n) is 6.29. The molecule has 0 saturated carbocycles. The van der Waals surface area contributed by atoms with Crippen LogP contribution in [0.2, 0.25) is 0 Å². The lowest BCUT2D eigenvalue weighted by molar-refractivity contribution is 0.482. The summed E-state index contributed by atoms with van der Waals surface area (Å²) in [4.78, 5) is -0.126. The largest absolute Gasteiger partial charge is 0.297 e. The van der Waals surface area contributed by atoms with Gasteiger partial charge in [-0.2, -0.15) is 13.5 Å². The molecule has 0 unspecified atom stereocenters. The molecule has 0 aliphatic carbocycles. The zero-order chi connectivity index (χ0) is 18.4. The lowest BCUT2D eigenvalue weighted by atomic mass is 9.98. The van der Waals surface area contributed by atoms with Gasteiger partial charge >= 0.3 is 0 Å². The quantitative estimate of drug-likeness (QED) is 0.720. The van der Waals surface area contributed by atoms with Crippen LogP contribution in [0.5, 0.6) is 0 Å². The van der Waals surface area contributed by atoms with E-state index in [0.29, 0.717) is 11.3 Å². The highest BCUT2D eigenvalue weighted by Gasteiger charge is 2.25. The van der Waals surface area contributed by atoms with Crippen molar-refractivity contribution >= 4 is 10.1 Å². The Labute approximate surface area is 147 Å². The van der Waals surface area contributed by atoms with Crippen molar-refractivity contribution in [3.63, 3.8) is 0 Å². The lowest BCUT2D eigenvalue weighted by Crippen LogP contribution is -2.11. The van der Waals surface area contributed by atoms with Crippen LogP contribution in [0, 0.1) is 27.7 Å². The SMILES string of the molecule is Cc1cc(-c2ccccc2C)c(S(=O)(=O)O)c(-n2nc(C)cc2C)c1. The maximum atomic E-state index is 12.3. The molecule has 0 aliphatic rings. The number of aryl methyl sites for hydroxylation is 4. The summed E-state index contributed by atoms with van der Waals surface area (Å²) in [6.45, 7) is 7.50. The van der Waals surface area contributed by atoms with Gasteiger partial charge < -0.3 is 0 Å². The molecular formula is C19H20N2O3S. The fraction of sp³-hybridized carbons (Fsp3) is 0.211. The summed E-state index contributed by atoms with van der Waals surface area (Å²) in [6, 6.07) is 12.9. The van der Waals surface area contributed by atoms with Crippen molar-refractivity contribution in [1.82, 2.24) is 9.78 Å². The Morgan fingerprint density at radius 2 is 1.64 bits per heavy atom. The van der Waals surface area contributed by atoms with Crippen molar-refractivity contribution in [1.29, 1.82) is 0 Å². The molecule has 0 saturated heterocycles. The fourth-order valence-corrected chi connectivity index (χ4v) is 3.99. The van der Waals surface area contributed by atoms with Gasteiger partial charge in [-0.1, -0.05) is 24.3 Å². The molecule has 3 aromatic rings. The van der Waals surface area contributed by atoms with Crippen LogP contribution in [-0.2, 0) is 10.1 Å². The Kier molecular flexibility index (Phi) is 4.26. The first kappa shape index (κ1) is 17.4. The van der Waals surface area contributed by atoms with Crippen LogP contribution in [0.3, 0.4) is 0 Å². The van der Waals surface area contributed by atoms with E-state index >= 15 is 0 Å². The normalized spacial score (nSPS) is 11.7. The van der Waals surface area contributed by atoms with Crippen molar-refractivity contribution in [2.24, 2.45) is 0 Å². The van der Waals surface area contributed by atoms with Crippen LogP contribution < -0.4 is 0 Å². The van der Waals surface area contributed by atoms with Gasteiger partial charge in [-0.05, 0) is 62.6 Å². The number of benzene rings is 2. The first-order chi connectivity index (χ1) is 11.7. The van der Waals surface area contributed by atoms with E-state index in [4.69, 9.17) is 0 Å². The predicted molar refractivity (Wildman–Crippen MR) is 97.8 cm³/mol. The van der Waals surface area contributed by atoms with Crippen LogP contribution >= 0.6 is 0 Å². The van der Waals surface area contributed by atoms with Crippen LogP contribution in [0.4, 0.5) is 0 Å². The molecule has 0 amide bonds. The Morgan fingerprint density at radius 3 is 2.20 bits per heavy atom. The molecule has 0 radical (unpaired) electrons. The second kappa shape index (κ2) is 6.13. The highest BCUT2D eigenvalue weighted by molar-refractivity contribution is 7.86. The topological polar surface area (TPSA) is 72.2 Å². The van der Waals surface area contributed by atoms with E-state index in [1.54, 1.807) is 16.8 Å². The summed E-state index contributed by atoms with van der Waals surface area (Å²) in [5.41, 5.74) is 4.98. The first-order valence-electron chi connectivity index (χ1n) is 7.90. The fourth-order valence-electron chi connectivity index (χ4n) is 3.13. The van der Waals surface area contributed by atoms with Crippen LogP contribution in [0.15, 0.2) is 47.4 Å². The number of nitrogens with zero attached hydrogens (tertiary/aromatic N) is 2. The summed E-state index contributed by atoms with van der Waals surface area (Å²) in [6.07, 6.45) is 0. The minimum absolute atomic E-state index is 0.126. The highest BCUT2D eigenvalue weighted by Crippen LogP contribution is 2.35. The minimum atomic E-state index is -4.46. The molecule has 6 heteroatoms. The van der Waals surface area contributed by atoms with E-state index in [2.05, 4.69) is 5.10 Å². The van der Waals surface area contributed by atoms with Crippen molar-refractivity contribution in [3.8, 4) is 16.8 Å². The zero-order valence-electron chi connectivity index (χ0n) is 14.6. The Morgan fingerprint density at radius 1 is 0.960 bits per heavy atom. The summed E-state index contributed by atoms with van der Waals surface area (Å²) < 4.78 is 36.1. The second-order valence-corrected chi connectivity index (χ2v) is 7.65. The molecule has 1 N–H and O–H groups in total. The molecule has 130 valence electrons. The van der Waals surface area contributed by atoms with Gasteiger partial charge in [0.2, 0.25) is 0 Å². The van der Waals surface area contributed by atoms with E-state index in [1.165, 1.54) is 0 Å². The van der Waals surface area contributed by atoms with Gasteiger partial charge in [-0.15, -0.1) is 0 Å². The summed E-state index contributed by atoms with van der Waals surface area (Å²) in [5, 5.41) is 4.39. The summed E-state index contributed by atoms with van der Waals surface area (Å²) in [5.74, 6) is 0. The average Bonchev–Trinajstić information content (AvgIpc) is 2.84. The van der Waals surface area contributed by atoms with Crippen molar-refractivity contribution in [2.45, 2.75) is 32.6 Å². The van der Waals surface area contributed by atoms with Crippen molar-refractivity contribution in [2.75, 3.05) is 0 Å². The third kappa shape index (κ3) is 3.23. The smallest absolute Gasteiger partial charge is 0.282 e. The minimum Gasteiger partial charge on any atom is -0.282 e. The van der Waals surface area contributed by atoms with E-state index in [9.17, 15) is 13.0 Å². The van der Waals surface area contributed by atoms with E-state index in [-0.39, 0.29) is 4.90 Å². The summed E-state index contributed by atoms with van der Waals surface area (Å²) in [7, 11) is -4.46. The molecule has 1 heterocycles. The Hall–Kier alpha value is -2.44. The average molecular weight is 356 g/mol. The van der Waals surface area contributed by atoms with Gasteiger partial charge in [0.15, 0.2) is 0 Å². The molecule has 0 bridgehead atoms. The first-order valence-corrected chi connectivity index (χ1v) is 9.34. The van der Waals surface area contributed by atoms with Gasteiger partial charge in [0.05, 0.1) is 11.4 Å². The molecule has 0 fully saturated rings. The molecule has 0 atom stereocenters. The molecule has 3 rings (SSSR count). The Bertz CT molecular complexity index is 1070. The lowest BCUT2D eigenvalue weighted by Gasteiger charge is -2.17. The summed E-state index contributed by atoms with van der Waals surface area (Å²) >= 11 is 0. The van der Waals surface area contributed by atoms with Crippen LogP contribution in [-0.4, -0.2) is 22.8 Å². The molecule has 5 nitrogen and oxygen atoms in total. The number of aromatic nitrogens is 2. The maximum Gasteiger partial charge on any atom is 0.297 e. The molecule has 0 aliphatic heterocycles. The van der Waals surface area contributed by atoms with Gasteiger partial charge in [-0.25, -0.2) is 4.68 Å².